The molecule has 1 aromatic heterocycles. The third-order valence-electron chi connectivity index (χ3n) is 5.37. The van der Waals surface area contributed by atoms with Gasteiger partial charge in [0.1, 0.15) is 5.75 Å². The van der Waals surface area contributed by atoms with Crippen LogP contribution in [0, 0.1) is 0 Å². The number of alkyl halides is 3. The van der Waals surface area contributed by atoms with Crippen LogP contribution in [0.2, 0.25) is 5.02 Å². The Hall–Kier alpha value is -3.76. The highest BCUT2D eigenvalue weighted by Gasteiger charge is 2.31. The molecule has 0 bridgehead atoms. The van der Waals surface area contributed by atoms with Gasteiger partial charge in [0.2, 0.25) is 0 Å². The number of carbonyl (C=O) groups is 1. The van der Waals surface area contributed by atoms with E-state index in [2.05, 4.69) is 15.4 Å². The van der Waals surface area contributed by atoms with E-state index in [1.54, 1.807) is 36.4 Å². The molecule has 38 heavy (non-hydrogen) atoms. The molecule has 4 rings (SSSR count). The van der Waals surface area contributed by atoms with E-state index in [9.17, 15) is 18.0 Å². The van der Waals surface area contributed by atoms with Gasteiger partial charge in [0.05, 0.1) is 12.2 Å². The monoisotopic (exact) mass is 560 g/mol. The molecule has 0 saturated carbocycles. The molecule has 0 aliphatic carbocycles. The van der Waals surface area contributed by atoms with Gasteiger partial charge in [0.15, 0.2) is 4.80 Å². The lowest BCUT2D eigenvalue weighted by Gasteiger charge is -2.12. The molecule has 1 heterocycles. The highest BCUT2D eigenvalue weighted by atomic mass is 35.5. The fourth-order valence-corrected chi connectivity index (χ4v) is 4.68. The Kier molecular flexibility index (Phi) is 9.09. The van der Waals surface area contributed by atoms with Gasteiger partial charge in [-0.25, -0.2) is 4.79 Å². The van der Waals surface area contributed by atoms with E-state index in [4.69, 9.17) is 16.6 Å². The second-order valence-corrected chi connectivity index (χ2v) is 9.44. The zero-order chi connectivity index (χ0) is 27.0. The van der Waals surface area contributed by atoms with Crippen LogP contribution in [0.1, 0.15) is 12.0 Å². The molecule has 0 fully saturated rings. The van der Waals surface area contributed by atoms with E-state index in [-0.39, 0.29) is 11.8 Å². The van der Waals surface area contributed by atoms with Crippen molar-refractivity contribution >= 4 is 34.7 Å². The van der Waals surface area contributed by atoms with Gasteiger partial charge in [-0.2, -0.15) is 0 Å². The molecule has 3 aromatic carbocycles. The maximum atomic E-state index is 12.6. The van der Waals surface area contributed by atoms with Crippen molar-refractivity contribution in [3.8, 4) is 17.0 Å². The van der Waals surface area contributed by atoms with Crippen molar-refractivity contribution in [3.05, 3.63) is 99.6 Å². The van der Waals surface area contributed by atoms with Crippen LogP contribution in [-0.2, 0) is 13.1 Å². The number of anilines is 1. The molecule has 2 N–H and O–H groups in total. The number of urea groups is 1. The summed E-state index contributed by atoms with van der Waals surface area (Å²) in [6, 6.07) is 22.0. The summed E-state index contributed by atoms with van der Waals surface area (Å²) in [5.41, 5.74) is 3.21. The van der Waals surface area contributed by atoms with Crippen LogP contribution >= 0.6 is 22.9 Å². The van der Waals surface area contributed by atoms with Gasteiger partial charge in [-0.15, -0.1) is 24.5 Å². The number of para-hydroxylation sites is 1. The first-order chi connectivity index (χ1) is 18.3. The van der Waals surface area contributed by atoms with Gasteiger partial charge >= 0.3 is 12.4 Å². The molecule has 0 saturated heterocycles. The Balaban J connectivity index is 1.48. The summed E-state index contributed by atoms with van der Waals surface area (Å²) in [4.78, 5) is 17.7. The molecule has 198 valence electrons. The predicted octanol–water partition coefficient (Wildman–Crippen LogP) is 7.08. The third kappa shape index (κ3) is 8.12. The zero-order valence-corrected chi connectivity index (χ0v) is 21.6. The summed E-state index contributed by atoms with van der Waals surface area (Å²) >= 11 is 7.40. The van der Waals surface area contributed by atoms with E-state index in [0.29, 0.717) is 36.8 Å². The fourth-order valence-electron chi connectivity index (χ4n) is 3.61. The van der Waals surface area contributed by atoms with Crippen LogP contribution in [0.4, 0.5) is 23.7 Å². The van der Waals surface area contributed by atoms with Gasteiger partial charge in [0.25, 0.3) is 0 Å². The zero-order valence-electron chi connectivity index (χ0n) is 20.0. The second-order valence-electron chi connectivity index (χ2n) is 8.17. The molecule has 6 nitrogen and oxygen atoms in total. The van der Waals surface area contributed by atoms with Crippen LogP contribution < -0.4 is 20.2 Å². The SMILES string of the molecule is O=C(NCCCn1c(-c2ccc(OC(F)(F)F)cc2)csc1=NCc1ccc(Cl)cc1)Nc1ccccc1. The molecule has 0 aliphatic rings. The van der Waals surface area contributed by atoms with Crippen LogP contribution in [0.3, 0.4) is 0 Å². The minimum Gasteiger partial charge on any atom is -0.406 e. The number of halogens is 4. The molecule has 11 heteroatoms. The van der Waals surface area contributed by atoms with Crippen LogP contribution in [-0.4, -0.2) is 23.5 Å². The number of thiazole rings is 1. The van der Waals surface area contributed by atoms with Gasteiger partial charge in [-0.3, -0.25) is 4.99 Å². The average molecular weight is 561 g/mol. The molecule has 0 atom stereocenters. The van der Waals surface area contributed by atoms with Crippen LogP contribution in [0.25, 0.3) is 11.3 Å². The van der Waals surface area contributed by atoms with Crippen molar-refractivity contribution in [2.45, 2.75) is 25.9 Å². The number of nitrogens with one attached hydrogen (secondary N) is 2. The number of hydrogen-bond acceptors (Lipinski definition) is 4. The van der Waals surface area contributed by atoms with Gasteiger partial charge in [0, 0.05) is 29.2 Å². The highest BCUT2D eigenvalue weighted by Crippen LogP contribution is 2.27. The summed E-state index contributed by atoms with van der Waals surface area (Å²) in [5.74, 6) is -0.288. The Labute approximate surface area is 226 Å². The lowest BCUT2D eigenvalue weighted by Crippen LogP contribution is -2.30. The van der Waals surface area contributed by atoms with Crippen molar-refractivity contribution in [3.63, 3.8) is 0 Å². The molecular weight excluding hydrogens is 537 g/mol. The first kappa shape index (κ1) is 27.3. The lowest BCUT2D eigenvalue weighted by atomic mass is 10.1. The van der Waals surface area contributed by atoms with Crippen LogP contribution in [0.15, 0.2) is 89.2 Å². The quantitative estimate of drug-likeness (QED) is 0.215. The van der Waals surface area contributed by atoms with E-state index in [0.717, 1.165) is 21.6 Å². The van der Waals surface area contributed by atoms with Gasteiger partial charge < -0.3 is 19.9 Å². The molecule has 2 amide bonds. The van der Waals surface area contributed by atoms with Crippen molar-refractivity contribution in [2.24, 2.45) is 4.99 Å². The minimum atomic E-state index is -4.75. The second kappa shape index (κ2) is 12.7. The number of rotatable bonds is 9. The van der Waals surface area contributed by atoms with Crippen molar-refractivity contribution in [2.75, 3.05) is 11.9 Å². The minimum absolute atomic E-state index is 0.288. The van der Waals surface area contributed by atoms with E-state index >= 15 is 0 Å². The fraction of sp³-hybridized carbons (Fsp3) is 0.185. The maximum Gasteiger partial charge on any atom is 0.573 e. The summed E-state index contributed by atoms with van der Waals surface area (Å²) < 4.78 is 43.6. The summed E-state index contributed by atoms with van der Waals surface area (Å²) in [6.07, 6.45) is -4.15. The number of nitrogens with zero attached hydrogens (tertiary/aromatic N) is 2. The average Bonchev–Trinajstić information content (AvgIpc) is 3.29. The first-order valence-electron chi connectivity index (χ1n) is 11.7. The van der Waals surface area contributed by atoms with E-state index < -0.39 is 6.36 Å². The number of aromatic nitrogens is 1. The largest absolute Gasteiger partial charge is 0.573 e. The Morgan fingerprint density at radius 1 is 1.00 bits per heavy atom. The predicted molar refractivity (Wildman–Crippen MR) is 143 cm³/mol. The number of ether oxygens (including phenoxy) is 1. The van der Waals surface area contributed by atoms with Gasteiger partial charge in [-0.1, -0.05) is 41.9 Å². The number of carbonyl (C=O) groups excluding carboxylic acids is 1. The van der Waals surface area contributed by atoms with Crippen molar-refractivity contribution in [1.82, 2.24) is 9.88 Å². The molecule has 0 spiro atoms. The summed E-state index contributed by atoms with van der Waals surface area (Å²) in [7, 11) is 0. The maximum absolute atomic E-state index is 12.6. The molecule has 0 unspecified atom stereocenters. The van der Waals surface area contributed by atoms with Crippen molar-refractivity contribution in [1.29, 1.82) is 0 Å². The number of hydrogen-bond donors (Lipinski definition) is 2. The topological polar surface area (TPSA) is 67.7 Å². The van der Waals surface area contributed by atoms with E-state index in [1.807, 2.05) is 40.3 Å². The van der Waals surface area contributed by atoms with E-state index in [1.165, 1.54) is 23.5 Å². The Morgan fingerprint density at radius 3 is 2.39 bits per heavy atom. The molecule has 0 aliphatic heterocycles. The Morgan fingerprint density at radius 2 is 1.71 bits per heavy atom. The molecular formula is C27H24ClF3N4O2S. The smallest absolute Gasteiger partial charge is 0.406 e. The lowest BCUT2D eigenvalue weighted by molar-refractivity contribution is -0.274. The third-order valence-corrected chi connectivity index (χ3v) is 6.52. The molecule has 4 aromatic rings. The standard InChI is InChI=1S/C27H24ClF3N4O2S/c28-21-11-7-19(8-12-21)17-33-26-35(16-4-15-32-25(36)34-22-5-2-1-3-6-22)24(18-38-26)20-9-13-23(14-10-20)37-27(29,30)31/h1-3,5-14,18H,4,15-17H2,(H2,32,34,36). The summed E-state index contributed by atoms with van der Waals surface area (Å²) in [5, 5.41) is 8.17. The first-order valence-corrected chi connectivity index (χ1v) is 12.9. The van der Waals surface area contributed by atoms with Gasteiger partial charge in [-0.05, 0) is 66.1 Å². The highest BCUT2D eigenvalue weighted by molar-refractivity contribution is 7.07. The number of amides is 2. The number of benzene rings is 3. The summed E-state index contributed by atoms with van der Waals surface area (Å²) in [6.45, 7) is 1.38. The van der Waals surface area contributed by atoms with Crippen LogP contribution in [0.5, 0.6) is 5.75 Å². The Bertz CT molecular complexity index is 1400. The normalized spacial score (nSPS) is 11.8. The van der Waals surface area contributed by atoms with Crippen molar-refractivity contribution < 1.29 is 22.7 Å². The molecule has 0 radical (unpaired) electrons.